The van der Waals surface area contributed by atoms with Gasteiger partial charge in [-0.2, -0.15) is 0 Å². The van der Waals surface area contributed by atoms with Crippen LogP contribution < -0.4 is 18.9 Å². The molecule has 0 heterocycles. The number of esters is 4. The predicted molar refractivity (Wildman–Crippen MR) is 161 cm³/mol. The maximum absolute atomic E-state index is 12.6. The molecule has 0 amide bonds. The lowest BCUT2D eigenvalue weighted by Crippen LogP contribution is -2.11. The van der Waals surface area contributed by atoms with Crippen molar-refractivity contribution < 1.29 is 47.6 Å². The Morgan fingerprint density at radius 2 is 0.864 bits per heavy atom. The zero-order valence-electron chi connectivity index (χ0n) is 24.2. The first-order valence-corrected chi connectivity index (χ1v) is 14.0. The molecule has 10 nitrogen and oxygen atoms in total. The Morgan fingerprint density at radius 1 is 0.477 bits per heavy atom. The number of hydrogen-bond donors (Lipinski definition) is 0. The molecule has 0 fully saturated rings. The zero-order chi connectivity index (χ0) is 31.6. The van der Waals surface area contributed by atoms with Gasteiger partial charge in [0.2, 0.25) is 0 Å². The van der Waals surface area contributed by atoms with Gasteiger partial charge in [-0.1, -0.05) is 13.2 Å². The van der Waals surface area contributed by atoms with E-state index in [1.54, 1.807) is 48.5 Å². The third-order valence-corrected chi connectivity index (χ3v) is 5.91. The van der Waals surface area contributed by atoms with Crippen LogP contribution in [0.15, 0.2) is 98.1 Å². The van der Waals surface area contributed by atoms with Crippen LogP contribution in [0.25, 0.3) is 0 Å². The number of rotatable bonds is 18. The molecule has 3 rings (SSSR count). The van der Waals surface area contributed by atoms with Crippen LogP contribution in [0.5, 0.6) is 23.0 Å². The summed E-state index contributed by atoms with van der Waals surface area (Å²) in [4.78, 5) is 47.0. The Kier molecular flexibility index (Phi) is 13.7. The second-order valence-electron chi connectivity index (χ2n) is 9.15. The minimum absolute atomic E-state index is 0.0728. The van der Waals surface area contributed by atoms with E-state index < -0.39 is 23.9 Å². The Labute approximate surface area is 255 Å². The third kappa shape index (κ3) is 11.8. The minimum Gasteiger partial charge on any atom is -0.494 e. The summed E-state index contributed by atoms with van der Waals surface area (Å²) < 4.78 is 31.7. The SMILES string of the molecule is C=CC(=O)OCCCCCCOc1ccc(C(=O)Oc2ccc(OC(=O)c3ccc(OCCOC(=O)C=C)cc3)cc2)cc1. The van der Waals surface area contributed by atoms with Crippen LogP contribution in [-0.4, -0.2) is 50.3 Å². The minimum atomic E-state index is -0.574. The van der Waals surface area contributed by atoms with Gasteiger partial charge in [0.05, 0.1) is 24.3 Å². The van der Waals surface area contributed by atoms with Crippen molar-refractivity contribution in [3.8, 4) is 23.0 Å². The van der Waals surface area contributed by atoms with Crippen LogP contribution in [0.2, 0.25) is 0 Å². The summed E-state index contributed by atoms with van der Waals surface area (Å²) in [5.74, 6) is -0.355. The first-order valence-electron chi connectivity index (χ1n) is 14.0. The second kappa shape index (κ2) is 18.2. The fourth-order valence-corrected chi connectivity index (χ4v) is 3.62. The van der Waals surface area contributed by atoms with Crippen LogP contribution >= 0.6 is 0 Å². The van der Waals surface area contributed by atoms with E-state index >= 15 is 0 Å². The van der Waals surface area contributed by atoms with Crippen LogP contribution in [0.1, 0.15) is 46.4 Å². The molecule has 0 aliphatic heterocycles. The molecule has 0 aromatic heterocycles. The fourth-order valence-electron chi connectivity index (χ4n) is 3.62. The molecule has 0 radical (unpaired) electrons. The molecule has 0 saturated carbocycles. The van der Waals surface area contributed by atoms with E-state index in [9.17, 15) is 19.2 Å². The lowest BCUT2D eigenvalue weighted by Gasteiger charge is -2.09. The molecule has 230 valence electrons. The van der Waals surface area contributed by atoms with E-state index in [1.807, 2.05) is 0 Å². The van der Waals surface area contributed by atoms with Crippen molar-refractivity contribution in [1.29, 1.82) is 0 Å². The quantitative estimate of drug-likeness (QED) is 0.0752. The van der Waals surface area contributed by atoms with Crippen molar-refractivity contribution in [2.24, 2.45) is 0 Å². The van der Waals surface area contributed by atoms with E-state index in [2.05, 4.69) is 13.2 Å². The Hall–Kier alpha value is -5.38. The monoisotopic (exact) mass is 602 g/mol. The Balaban J connectivity index is 1.36. The summed E-state index contributed by atoms with van der Waals surface area (Å²) in [5.41, 5.74) is 0.661. The van der Waals surface area contributed by atoms with Crippen molar-refractivity contribution in [1.82, 2.24) is 0 Å². The number of carbonyl (C=O) groups is 4. The van der Waals surface area contributed by atoms with E-state index in [4.69, 9.17) is 28.4 Å². The van der Waals surface area contributed by atoms with Gasteiger partial charge in [0.15, 0.2) is 0 Å². The summed E-state index contributed by atoms with van der Waals surface area (Å²) in [6.45, 7) is 7.81. The third-order valence-electron chi connectivity index (χ3n) is 5.91. The Morgan fingerprint density at radius 3 is 1.32 bits per heavy atom. The maximum Gasteiger partial charge on any atom is 0.343 e. The predicted octanol–water partition coefficient (Wildman–Crippen LogP) is 5.90. The van der Waals surface area contributed by atoms with Gasteiger partial charge in [-0.25, -0.2) is 19.2 Å². The fraction of sp³-hybridized carbons (Fsp3) is 0.235. The highest BCUT2D eigenvalue weighted by atomic mass is 16.6. The molecule has 0 unspecified atom stereocenters. The summed E-state index contributed by atoms with van der Waals surface area (Å²) in [5, 5.41) is 0. The van der Waals surface area contributed by atoms with Gasteiger partial charge in [-0.3, -0.25) is 0 Å². The van der Waals surface area contributed by atoms with Crippen LogP contribution in [0, 0.1) is 0 Å². The van der Waals surface area contributed by atoms with Gasteiger partial charge in [0.25, 0.3) is 0 Å². The van der Waals surface area contributed by atoms with E-state index in [0.29, 0.717) is 35.8 Å². The normalized spacial score (nSPS) is 10.2. The average molecular weight is 603 g/mol. The lowest BCUT2D eigenvalue weighted by atomic mass is 10.2. The number of unbranched alkanes of at least 4 members (excludes halogenated alkanes) is 3. The first kappa shape index (κ1) is 33.1. The maximum atomic E-state index is 12.6. The molecule has 0 spiro atoms. The van der Waals surface area contributed by atoms with Gasteiger partial charge >= 0.3 is 23.9 Å². The molecule has 0 aliphatic carbocycles. The molecular formula is C34H34O10. The molecule has 0 atom stereocenters. The van der Waals surface area contributed by atoms with Gasteiger partial charge in [0.1, 0.15) is 36.2 Å². The largest absolute Gasteiger partial charge is 0.494 e. The zero-order valence-corrected chi connectivity index (χ0v) is 24.2. The summed E-state index contributed by atoms with van der Waals surface area (Å²) in [6.07, 6.45) is 5.72. The molecule has 3 aromatic rings. The van der Waals surface area contributed by atoms with Crippen molar-refractivity contribution in [2.45, 2.75) is 25.7 Å². The lowest BCUT2D eigenvalue weighted by molar-refractivity contribution is -0.139. The topological polar surface area (TPSA) is 124 Å². The van der Waals surface area contributed by atoms with Crippen LogP contribution in [-0.2, 0) is 19.1 Å². The highest BCUT2D eigenvalue weighted by molar-refractivity contribution is 5.92. The summed E-state index contributed by atoms with van der Waals surface area (Å²) in [7, 11) is 0. The van der Waals surface area contributed by atoms with Crippen molar-refractivity contribution in [3.63, 3.8) is 0 Å². The second-order valence-corrected chi connectivity index (χ2v) is 9.15. The summed E-state index contributed by atoms with van der Waals surface area (Å²) >= 11 is 0. The van der Waals surface area contributed by atoms with E-state index in [1.165, 1.54) is 24.3 Å². The number of ether oxygens (including phenoxy) is 6. The molecular weight excluding hydrogens is 568 g/mol. The molecule has 0 aliphatic rings. The van der Waals surface area contributed by atoms with Gasteiger partial charge in [-0.05, 0) is 98.5 Å². The number of benzene rings is 3. The standard InChI is InChI=1S/C34H34O10/c1-3-31(35)41-22-8-6-5-7-21-39-27-13-9-25(10-14-27)33(37)43-29-17-19-30(20-18-29)44-34(38)26-11-15-28(16-12-26)40-23-24-42-32(36)4-2/h3-4,9-20H,1-2,5-8,21-24H2. The molecule has 0 bridgehead atoms. The van der Waals surface area contributed by atoms with Gasteiger partial charge in [-0.15, -0.1) is 0 Å². The molecule has 0 N–H and O–H groups in total. The highest BCUT2D eigenvalue weighted by Crippen LogP contribution is 2.21. The van der Waals surface area contributed by atoms with Crippen molar-refractivity contribution in [3.05, 3.63) is 109 Å². The number of hydrogen-bond acceptors (Lipinski definition) is 10. The van der Waals surface area contributed by atoms with Gasteiger partial charge < -0.3 is 28.4 Å². The molecule has 44 heavy (non-hydrogen) atoms. The first-order chi connectivity index (χ1) is 21.4. The highest BCUT2D eigenvalue weighted by Gasteiger charge is 2.12. The molecule has 0 saturated heterocycles. The number of carbonyl (C=O) groups excluding carboxylic acids is 4. The average Bonchev–Trinajstić information content (AvgIpc) is 3.05. The van der Waals surface area contributed by atoms with E-state index in [0.717, 1.165) is 37.8 Å². The van der Waals surface area contributed by atoms with Gasteiger partial charge in [0, 0.05) is 12.2 Å². The van der Waals surface area contributed by atoms with Crippen molar-refractivity contribution in [2.75, 3.05) is 26.4 Å². The van der Waals surface area contributed by atoms with Crippen LogP contribution in [0.3, 0.4) is 0 Å². The molecule has 10 heteroatoms. The smallest absolute Gasteiger partial charge is 0.343 e. The summed E-state index contributed by atoms with van der Waals surface area (Å²) in [6, 6.07) is 19.0. The van der Waals surface area contributed by atoms with E-state index in [-0.39, 0.29) is 24.7 Å². The van der Waals surface area contributed by atoms with Crippen molar-refractivity contribution >= 4 is 23.9 Å². The Bertz CT molecular complexity index is 1390. The molecule has 3 aromatic carbocycles. The van der Waals surface area contributed by atoms with Crippen LogP contribution in [0.4, 0.5) is 0 Å².